The molecule has 3 heterocycles. The van der Waals surface area contributed by atoms with E-state index in [-0.39, 0.29) is 33.6 Å². The van der Waals surface area contributed by atoms with E-state index in [1.807, 2.05) is 31.2 Å². The first-order valence-electron chi connectivity index (χ1n) is 13.6. The van der Waals surface area contributed by atoms with Crippen LogP contribution in [0.4, 0.5) is 0 Å². The number of benzene rings is 3. The quantitative estimate of drug-likeness (QED) is 0.175. The van der Waals surface area contributed by atoms with E-state index in [1.165, 1.54) is 6.26 Å². The van der Waals surface area contributed by atoms with Crippen molar-refractivity contribution in [2.45, 2.75) is 6.92 Å². The molecule has 46 heavy (non-hydrogen) atoms. The molecule has 6 rings (SSSR count). The number of nitrogens with zero attached hydrogens (tertiary/aromatic N) is 1. The zero-order valence-electron chi connectivity index (χ0n) is 25.5. The third-order valence-electron chi connectivity index (χ3n) is 6.56. The number of aromatic nitrogens is 2. The van der Waals surface area contributed by atoms with Gasteiger partial charge in [-0.25, -0.2) is 0 Å². The largest absolute Gasteiger partial charge is 0.463 e. The molecule has 2 N–H and O–H groups in total. The third kappa shape index (κ3) is 7.90. The lowest BCUT2D eigenvalue weighted by Crippen LogP contribution is -2.09. The minimum absolute atomic E-state index is 0.141. The van der Waals surface area contributed by atoms with Crippen molar-refractivity contribution in [3.8, 4) is 28.5 Å². The Balaban J connectivity index is 0.000000541. The lowest BCUT2D eigenvalue weighted by atomic mass is 9.95. The number of ketones is 1. The summed E-state index contributed by atoms with van der Waals surface area (Å²) in [7, 11) is -1.22. The highest BCUT2D eigenvalue weighted by Gasteiger charge is 2.28. The highest BCUT2D eigenvalue weighted by molar-refractivity contribution is 9.10. The molecule has 0 unspecified atom stereocenters. The van der Waals surface area contributed by atoms with Crippen molar-refractivity contribution in [3.05, 3.63) is 115 Å². The number of fused-ring (bicyclic) bond motifs is 2. The monoisotopic (exact) mass is 781 g/mol. The molecule has 0 saturated heterocycles. The first-order chi connectivity index (χ1) is 21.8. The van der Waals surface area contributed by atoms with Crippen molar-refractivity contribution >= 4 is 81.1 Å². The van der Waals surface area contributed by atoms with Gasteiger partial charge < -0.3 is 14.4 Å². The van der Waals surface area contributed by atoms with Crippen LogP contribution in [0.15, 0.2) is 91.3 Å². The van der Waals surface area contributed by atoms with E-state index in [2.05, 4.69) is 47.9 Å². The van der Waals surface area contributed by atoms with Crippen molar-refractivity contribution in [2.24, 2.45) is 0 Å². The number of aryl methyl sites for hydroxylation is 1. The molecule has 0 spiro atoms. The lowest BCUT2D eigenvalue weighted by Gasteiger charge is -2.06. The van der Waals surface area contributed by atoms with Crippen LogP contribution >= 0.6 is 31.9 Å². The Morgan fingerprint density at radius 3 is 2.13 bits per heavy atom. The maximum atomic E-state index is 13.8. The van der Waals surface area contributed by atoms with Crippen molar-refractivity contribution in [3.63, 3.8) is 0 Å². The van der Waals surface area contributed by atoms with Gasteiger partial charge in [-0.15, -0.1) is 0 Å². The van der Waals surface area contributed by atoms with Crippen LogP contribution < -0.4 is 5.43 Å². The summed E-state index contributed by atoms with van der Waals surface area (Å²) in [6, 6.07) is 20.3. The minimum Gasteiger partial charge on any atom is -0.463 e. The maximum absolute atomic E-state index is 13.8. The van der Waals surface area contributed by atoms with Crippen molar-refractivity contribution < 1.29 is 17.6 Å². The SMILES string of the molecule is CS(C)=O.CS(C)=O.Cc1ccc2occ(-c3c(C(=O)c4ccc(Br)cc4)[nH]c(-c4c[nH]c5ccc(Br)cc45)c3C#N)c(=O)c2c1. The van der Waals surface area contributed by atoms with Crippen LogP contribution in [0.25, 0.3) is 44.3 Å². The van der Waals surface area contributed by atoms with Crippen molar-refractivity contribution in [2.75, 3.05) is 25.0 Å². The maximum Gasteiger partial charge on any atom is 0.209 e. The number of carbonyl (C=O) groups is 1. The number of halogens is 2. The van der Waals surface area contributed by atoms with Crippen LogP contribution in [0.1, 0.15) is 27.2 Å². The number of hydrogen-bond donors (Lipinski definition) is 2. The summed E-state index contributed by atoms with van der Waals surface area (Å²) in [6.07, 6.45) is 9.67. The summed E-state index contributed by atoms with van der Waals surface area (Å²) in [5.74, 6) is -0.347. The third-order valence-corrected chi connectivity index (χ3v) is 7.58. The van der Waals surface area contributed by atoms with Crippen molar-refractivity contribution in [1.29, 1.82) is 5.26 Å². The molecule has 0 radical (unpaired) electrons. The Hall–Kier alpha value is -3.89. The molecule has 12 heteroatoms. The fourth-order valence-electron chi connectivity index (χ4n) is 4.72. The first-order valence-corrected chi connectivity index (χ1v) is 19.1. The Morgan fingerprint density at radius 1 is 0.870 bits per heavy atom. The predicted molar refractivity (Wildman–Crippen MR) is 194 cm³/mol. The standard InChI is InChI=1S/C30H17Br2N3O3.2C2H6OS/c1-15-2-9-25-20(10-15)30(37)23(14-38-25)26-21(12-33)27(22-13-34-24-8-7-18(32)11-19(22)24)35-28(26)29(36)16-3-5-17(31)6-4-16;2*1-4(2)3/h2-11,13-14,34-35H,1H3;2*1-2H3. The molecule has 3 aromatic carbocycles. The molecule has 3 aromatic heterocycles. The molecule has 0 bridgehead atoms. The molecule has 236 valence electrons. The van der Waals surface area contributed by atoms with Crippen LogP contribution in [0.5, 0.6) is 0 Å². The van der Waals surface area contributed by atoms with Gasteiger partial charge in [-0.05, 0) is 61.5 Å². The summed E-state index contributed by atoms with van der Waals surface area (Å²) >= 11 is 6.91. The van der Waals surface area contributed by atoms with Gasteiger partial charge in [0.2, 0.25) is 11.2 Å². The molecule has 0 aliphatic rings. The summed E-state index contributed by atoms with van der Waals surface area (Å²) in [4.78, 5) is 34.0. The molecule has 0 saturated carbocycles. The van der Waals surface area contributed by atoms with Crippen LogP contribution in [0.3, 0.4) is 0 Å². The van der Waals surface area contributed by atoms with E-state index < -0.39 is 21.6 Å². The summed E-state index contributed by atoms with van der Waals surface area (Å²) in [5.41, 5.74) is 4.12. The number of carbonyl (C=O) groups excluding carboxylic acids is 1. The fourth-order valence-corrected chi connectivity index (χ4v) is 5.34. The summed E-state index contributed by atoms with van der Waals surface area (Å²) in [6.45, 7) is 1.89. The van der Waals surface area contributed by atoms with Gasteiger partial charge in [-0.2, -0.15) is 5.26 Å². The van der Waals surface area contributed by atoms with Gasteiger partial charge in [0.15, 0.2) is 0 Å². The summed E-state index contributed by atoms with van der Waals surface area (Å²) < 4.78 is 26.6. The topological polar surface area (TPSA) is 137 Å². The Kier molecular flexibility index (Phi) is 11.5. The molecule has 0 atom stereocenters. The zero-order valence-corrected chi connectivity index (χ0v) is 30.3. The Bertz CT molecular complexity index is 2210. The Morgan fingerprint density at radius 2 is 1.50 bits per heavy atom. The molecular formula is C34H29Br2N3O5S2. The van der Waals surface area contributed by atoms with Crippen LogP contribution in [0.2, 0.25) is 0 Å². The van der Waals surface area contributed by atoms with E-state index in [0.29, 0.717) is 27.8 Å². The minimum atomic E-state index is -0.611. The molecular weight excluding hydrogens is 754 g/mol. The van der Waals surface area contributed by atoms with E-state index in [9.17, 15) is 23.3 Å². The smallest absolute Gasteiger partial charge is 0.209 e. The van der Waals surface area contributed by atoms with Crippen molar-refractivity contribution in [1.82, 2.24) is 9.97 Å². The number of H-pyrrole nitrogens is 2. The zero-order chi connectivity index (χ0) is 33.7. The van der Waals surface area contributed by atoms with Gasteiger partial charge in [0, 0.05) is 89.4 Å². The molecule has 0 fully saturated rings. The average Bonchev–Trinajstić information content (AvgIpc) is 3.58. The Labute approximate surface area is 287 Å². The predicted octanol–water partition coefficient (Wildman–Crippen LogP) is 7.86. The van der Waals surface area contributed by atoms with Gasteiger partial charge in [-0.3, -0.25) is 18.0 Å². The normalized spacial score (nSPS) is 10.8. The van der Waals surface area contributed by atoms with Gasteiger partial charge >= 0.3 is 0 Å². The first kappa shape index (κ1) is 35.0. The second-order valence-electron chi connectivity index (χ2n) is 10.4. The number of nitriles is 1. The van der Waals surface area contributed by atoms with Crippen LogP contribution in [0, 0.1) is 18.3 Å². The van der Waals surface area contributed by atoms with E-state index in [1.54, 1.807) is 67.6 Å². The van der Waals surface area contributed by atoms with Crippen LogP contribution in [-0.2, 0) is 21.6 Å². The van der Waals surface area contributed by atoms with Gasteiger partial charge in [0.1, 0.15) is 17.9 Å². The van der Waals surface area contributed by atoms with E-state index in [0.717, 1.165) is 25.4 Å². The molecule has 0 aliphatic carbocycles. The summed E-state index contributed by atoms with van der Waals surface area (Å²) in [5, 5.41) is 11.6. The number of rotatable bonds is 4. The average molecular weight is 784 g/mol. The van der Waals surface area contributed by atoms with Crippen LogP contribution in [-0.4, -0.2) is 49.2 Å². The number of nitrogens with one attached hydrogen (secondary N) is 2. The highest BCUT2D eigenvalue weighted by Crippen LogP contribution is 2.39. The van der Waals surface area contributed by atoms with E-state index in [4.69, 9.17) is 4.42 Å². The molecule has 0 amide bonds. The number of hydrogen-bond acceptors (Lipinski definition) is 6. The van der Waals surface area contributed by atoms with E-state index >= 15 is 0 Å². The molecule has 6 aromatic rings. The molecule has 0 aliphatic heterocycles. The number of aromatic amines is 2. The molecule has 8 nitrogen and oxygen atoms in total. The second kappa shape index (κ2) is 15.1. The fraction of sp³-hybridized carbons (Fsp3) is 0.147. The van der Waals surface area contributed by atoms with Gasteiger partial charge in [0.25, 0.3) is 0 Å². The lowest BCUT2D eigenvalue weighted by molar-refractivity contribution is 0.103. The van der Waals surface area contributed by atoms with Gasteiger partial charge in [-0.1, -0.05) is 43.5 Å². The van der Waals surface area contributed by atoms with Gasteiger partial charge in [0.05, 0.1) is 27.9 Å². The highest BCUT2D eigenvalue weighted by atomic mass is 79.9. The second-order valence-corrected chi connectivity index (χ2v) is 15.2.